The molecule has 1 unspecified atom stereocenters. The van der Waals surface area contributed by atoms with E-state index in [0.717, 1.165) is 0 Å². The quantitative estimate of drug-likeness (QED) is 0.750. The number of carbonyl (C=O) groups is 1. The molecule has 0 spiro atoms. The van der Waals surface area contributed by atoms with E-state index in [2.05, 4.69) is 5.32 Å². The molecule has 2 aromatic carbocycles. The lowest BCUT2D eigenvalue weighted by molar-refractivity contribution is -0.137. The highest BCUT2D eigenvalue weighted by Gasteiger charge is 2.07. The van der Waals surface area contributed by atoms with Gasteiger partial charge in [-0.25, -0.2) is 0 Å². The van der Waals surface area contributed by atoms with Gasteiger partial charge in [-0.3, -0.25) is 4.79 Å². The summed E-state index contributed by atoms with van der Waals surface area (Å²) in [6.07, 6.45) is 0.413. The molecule has 0 fully saturated rings. The lowest BCUT2D eigenvalue weighted by Gasteiger charge is -2.14. The number of benzene rings is 2. The Labute approximate surface area is 153 Å². The minimum Gasteiger partial charge on any atom is -0.491 e. The monoisotopic (exact) mass is 365 g/mol. The topological polar surface area (TPSA) is 67.8 Å². The van der Waals surface area contributed by atoms with Crippen LogP contribution in [0.5, 0.6) is 17.2 Å². The summed E-state index contributed by atoms with van der Waals surface area (Å²) >= 11 is 5.82. The molecule has 5 nitrogen and oxygen atoms in total. The maximum atomic E-state index is 10.5. The van der Waals surface area contributed by atoms with Crippen molar-refractivity contribution >= 4 is 17.6 Å². The molecule has 0 aromatic heterocycles. The van der Waals surface area contributed by atoms with Crippen LogP contribution >= 0.6 is 11.6 Å². The van der Waals surface area contributed by atoms with Crippen molar-refractivity contribution in [3.05, 3.63) is 53.6 Å². The van der Waals surface area contributed by atoms with Crippen LogP contribution in [-0.2, 0) is 4.79 Å². The minimum absolute atomic E-state index is 0.0962. The zero-order chi connectivity index (χ0) is 18.7. The summed E-state index contributed by atoms with van der Waals surface area (Å²) in [4.78, 5) is 10.5. The van der Waals surface area contributed by atoms with E-state index in [-0.39, 0.29) is 12.5 Å². The van der Waals surface area contributed by atoms with Gasteiger partial charge in [0.25, 0.3) is 0 Å². The zero-order valence-corrected chi connectivity index (χ0v) is 15.4. The van der Waals surface area contributed by atoms with Gasteiger partial charge in [0.05, 0.1) is 6.10 Å². The van der Waals surface area contributed by atoms with Gasteiger partial charge in [-0.1, -0.05) is 11.6 Å². The third-order valence-corrected chi connectivity index (χ3v) is 3.23. The number of carboxylic acids is 1. The number of aliphatic carboxylic acids is 1. The fourth-order valence-electron chi connectivity index (χ4n) is 1.84. The molecule has 2 N–H and O–H groups in total. The molecule has 6 heteroatoms. The number of nitrogens with one attached hydrogen (secondary N) is 1. The Hall–Kier alpha value is -2.24. The van der Waals surface area contributed by atoms with Gasteiger partial charge in [-0.05, 0) is 76.0 Å². The van der Waals surface area contributed by atoms with Gasteiger partial charge in [-0.15, -0.1) is 0 Å². The van der Waals surface area contributed by atoms with Crippen LogP contribution in [-0.4, -0.2) is 31.3 Å². The fourth-order valence-corrected chi connectivity index (χ4v) is 1.97. The van der Waals surface area contributed by atoms with E-state index in [1.807, 2.05) is 21.0 Å². The van der Waals surface area contributed by atoms with Crippen LogP contribution in [0.2, 0.25) is 5.02 Å². The molecular formula is C19H24ClNO4. The Bertz CT molecular complexity index is 629. The average molecular weight is 366 g/mol. The van der Waals surface area contributed by atoms with Gasteiger partial charge in [0.15, 0.2) is 0 Å². The molecule has 0 aliphatic carbocycles. The summed E-state index contributed by atoms with van der Waals surface area (Å²) in [5, 5.41) is 12.1. The molecule has 0 amide bonds. The van der Waals surface area contributed by atoms with Crippen molar-refractivity contribution in [3.63, 3.8) is 0 Å². The first-order valence-electron chi connectivity index (χ1n) is 7.95. The molecule has 0 aliphatic rings. The Morgan fingerprint density at radius 1 is 1.04 bits per heavy atom. The largest absolute Gasteiger partial charge is 0.491 e. The Kier molecular flexibility index (Phi) is 9.43. The van der Waals surface area contributed by atoms with Crippen LogP contribution < -0.4 is 14.8 Å². The molecule has 25 heavy (non-hydrogen) atoms. The summed E-state index contributed by atoms with van der Waals surface area (Å²) in [6, 6.07) is 14.3. The second kappa shape index (κ2) is 11.3. The zero-order valence-electron chi connectivity index (χ0n) is 14.7. The van der Waals surface area contributed by atoms with Crippen molar-refractivity contribution in [2.45, 2.75) is 25.9 Å². The number of ether oxygens (including phenoxy) is 2. The smallest absolute Gasteiger partial charge is 0.303 e. The minimum atomic E-state index is -0.817. The highest BCUT2D eigenvalue weighted by atomic mass is 35.5. The molecular weight excluding hydrogens is 342 g/mol. The normalized spacial score (nSPS) is 11.0. The molecule has 2 aromatic rings. The maximum absolute atomic E-state index is 10.5. The Balaban J connectivity index is 0.000000970. The molecule has 136 valence electrons. The summed E-state index contributed by atoms with van der Waals surface area (Å²) < 4.78 is 11.3. The first-order chi connectivity index (χ1) is 11.9. The molecule has 0 radical (unpaired) electrons. The molecule has 2 rings (SSSR count). The first kappa shape index (κ1) is 20.8. The van der Waals surface area contributed by atoms with Gasteiger partial charge in [0, 0.05) is 11.4 Å². The van der Waals surface area contributed by atoms with Crippen molar-refractivity contribution in [1.29, 1.82) is 0 Å². The SMILES string of the molecule is CC(CCC(=O)O)Oc1ccc(Oc2ccc(Cl)cc2)cc1.CNC. The predicted octanol–water partition coefficient (Wildman–Crippen LogP) is 4.60. The third kappa shape index (κ3) is 8.98. The van der Waals surface area contributed by atoms with Crippen molar-refractivity contribution in [1.82, 2.24) is 5.32 Å². The van der Waals surface area contributed by atoms with E-state index >= 15 is 0 Å². The second-order valence-electron chi connectivity index (χ2n) is 5.39. The molecule has 0 aliphatic heterocycles. The van der Waals surface area contributed by atoms with Gasteiger partial charge in [0.1, 0.15) is 17.2 Å². The van der Waals surface area contributed by atoms with E-state index in [1.165, 1.54) is 0 Å². The fraction of sp³-hybridized carbons (Fsp3) is 0.316. The van der Waals surface area contributed by atoms with Gasteiger partial charge < -0.3 is 19.9 Å². The summed E-state index contributed by atoms with van der Waals surface area (Å²) in [5.74, 6) is 1.25. The lowest BCUT2D eigenvalue weighted by atomic mass is 10.2. The van der Waals surface area contributed by atoms with Crippen molar-refractivity contribution in [2.24, 2.45) is 0 Å². The van der Waals surface area contributed by atoms with Crippen LogP contribution in [0.25, 0.3) is 0 Å². The number of rotatable bonds is 7. The first-order valence-corrected chi connectivity index (χ1v) is 8.32. The van der Waals surface area contributed by atoms with Gasteiger partial charge in [-0.2, -0.15) is 0 Å². The third-order valence-electron chi connectivity index (χ3n) is 2.98. The maximum Gasteiger partial charge on any atom is 0.303 e. The lowest BCUT2D eigenvalue weighted by Crippen LogP contribution is -2.13. The molecule has 0 bridgehead atoms. The Morgan fingerprint density at radius 2 is 1.48 bits per heavy atom. The van der Waals surface area contributed by atoms with Crippen molar-refractivity contribution < 1.29 is 19.4 Å². The van der Waals surface area contributed by atoms with E-state index in [0.29, 0.717) is 28.7 Å². The molecule has 0 heterocycles. The number of hydrogen-bond acceptors (Lipinski definition) is 4. The highest BCUT2D eigenvalue weighted by Crippen LogP contribution is 2.25. The molecule has 0 saturated heterocycles. The van der Waals surface area contributed by atoms with Crippen LogP contribution in [0.4, 0.5) is 0 Å². The molecule has 0 saturated carbocycles. The Morgan fingerprint density at radius 3 is 1.96 bits per heavy atom. The highest BCUT2D eigenvalue weighted by molar-refractivity contribution is 6.30. The van der Waals surface area contributed by atoms with Gasteiger partial charge in [0.2, 0.25) is 0 Å². The summed E-state index contributed by atoms with van der Waals surface area (Å²) in [5.41, 5.74) is 0. The van der Waals surface area contributed by atoms with Crippen LogP contribution in [0.1, 0.15) is 19.8 Å². The standard InChI is InChI=1S/C17H17ClO4.C2H7N/c1-12(2-11-17(19)20)21-14-7-9-16(10-8-14)22-15-5-3-13(18)4-6-15;1-3-2/h3-10,12H,2,11H2,1H3,(H,19,20);3H,1-2H3. The number of carboxylic acid groups (broad SMARTS) is 1. The van der Waals surface area contributed by atoms with E-state index in [1.54, 1.807) is 48.5 Å². The molecule has 1 atom stereocenters. The van der Waals surface area contributed by atoms with Crippen LogP contribution in [0.15, 0.2) is 48.5 Å². The predicted molar refractivity (Wildman–Crippen MR) is 99.9 cm³/mol. The average Bonchev–Trinajstić information content (AvgIpc) is 2.58. The summed E-state index contributed by atoms with van der Waals surface area (Å²) in [6.45, 7) is 1.85. The summed E-state index contributed by atoms with van der Waals surface area (Å²) in [7, 11) is 3.75. The van der Waals surface area contributed by atoms with E-state index in [9.17, 15) is 4.79 Å². The number of halogens is 1. The number of hydrogen-bond donors (Lipinski definition) is 2. The van der Waals surface area contributed by atoms with Crippen molar-refractivity contribution in [3.8, 4) is 17.2 Å². The van der Waals surface area contributed by atoms with Crippen molar-refractivity contribution in [2.75, 3.05) is 14.1 Å². The second-order valence-corrected chi connectivity index (χ2v) is 5.82. The van der Waals surface area contributed by atoms with E-state index in [4.69, 9.17) is 26.2 Å². The van der Waals surface area contributed by atoms with Crippen LogP contribution in [0.3, 0.4) is 0 Å². The van der Waals surface area contributed by atoms with Crippen LogP contribution in [0, 0.1) is 0 Å². The van der Waals surface area contributed by atoms with Gasteiger partial charge >= 0.3 is 5.97 Å². The van der Waals surface area contributed by atoms with E-state index < -0.39 is 5.97 Å².